The van der Waals surface area contributed by atoms with E-state index in [1.54, 1.807) is 11.4 Å². The minimum Gasteiger partial charge on any atom is -0.355 e. The van der Waals surface area contributed by atoms with E-state index < -0.39 is 10.0 Å². The lowest BCUT2D eigenvalue weighted by molar-refractivity contribution is 0.432. The average Bonchev–Trinajstić information content (AvgIpc) is 3.24. The molecule has 1 aromatic rings. The standard InChI is InChI=1S/C18H28N4O2S2.HI/c1-19-18(20-9-12-22-10-5-13-26(22,23)24)21-11-8-16(14-21)15-25-17-6-3-2-4-7-17;/h2-4,6-7,16H,5,8-15H2,1H3,(H,19,20);1H. The van der Waals surface area contributed by atoms with Crippen molar-refractivity contribution in [3.05, 3.63) is 30.3 Å². The molecule has 2 aliphatic rings. The summed E-state index contributed by atoms with van der Waals surface area (Å²) in [5, 5.41) is 3.33. The number of hydrogen-bond acceptors (Lipinski definition) is 4. The summed E-state index contributed by atoms with van der Waals surface area (Å²) in [6, 6.07) is 10.5. The highest BCUT2D eigenvalue weighted by atomic mass is 127. The smallest absolute Gasteiger partial charge is 0.214 e. The first-order valence-electron chi connectivity index (χ1n) is 9.20. The zero-order valence-corrected chi connectivity index (χ0v) is 19.7. The quantitative estimate of drug-likeness (QED) is 0.268. The summed E-state index contributed by atoms with van der Waals surface area (Å²) in [5.41, 5.74) is 0. The third kappa shape index (κ3) is 6.50. The molecule has 0 spiro atoms. The van der Waals surface area contributed by atoms with Crippen LogP contribution in [0.2, 0.25) is 0 Å². The van der Waals surface area contributed by atoms with Crippen molar-refractivity contribution in [1.29, 1.82) is 0 Å². The predicted molar refractivity (Wildman–Crippen MR) is 124 cm³/mol. The first-order valence-corrected chi connectivity index (χ1v) is 11.8. The molecule has 152 valence electrons. The molecule has 0 bridgehead atoms. The van der Waals surface area contributed by atoms with Crippen LogP contribution in [0.4, 0.5) is 0 Å². The minimum absolute atomic E-state index is 0. The van der Waals surface area contributed by atoms with Crippen LogP contribution in [0, 0.1) is 5.92 Å². The van der Waals surface area contributed by atoms with Gasteiger partial charge in [0.2, 0.25) is 10.0 Å². The molecule has 1 unspecified atom stereocenters. The zero-order valence-electron chi connectivity index (χ0n) is 15.7. The van der Waals surface area contributed by atoms with Gasteiger partial charge in [0, 0.05) is 50.4 Å². The molecule has 0 saturated carbocycles. The van der Waals surface area contributed by atoms with Gasteiger partial charge < -0.3 is 10.2 Å². The van der Waals surface area contributed by atoms with Gasteiger partial charge in [0.25, 0.3) is 0 Å². The molecule has 9 heteroatoms. The highest BCUT2D eigenvalue weighted by Crippen LogP contribution is 2.25. The van der Waals surface area contributed by atoms with Gasteiger partial charge in [0.1, 0.15) is 0 Å². The maximum absolute atomic E-state index is 11.9. The lowest BCUT2D eigenvalue weighted by atomic mass is 10.2. The monoisotopic (exact) mass is 524 g/mol. The normalized spacial score (nSPS) is 22.6. The molecule has 1 aromatic carbocycles. The Morgan fingerprint density at radius 1 is 1.30 bits per heavy atom. The second-order valence-corrected chi connectivity index (χ2v) is 9.95. The van der Waals surface area contributed by atoms with Crippen LogP contribution in [0.5, 0.6) is 0 Å². The zero-order chi connectivity index (χ0) is 18.4. The number of guanidine groups is 1. The van der Waals surface area contributed by atoms with Crippen LogP contribution in [0.15, 0.2) is 40.2 Å². The third-order valence-corrected chi connectivity index (χ3v) is 8.07. The van der Waals surface area contributed by atoms with Gasteiger partial charge in [-0.3, -0.25) is 4.99 Å². The summed E-state index contributed by atoms with van der Waals surface area (Å²) in [4.78, 5) is 7.99. The van der Waals surface area contributed by atoms with E-state index in [9.17, 15) is 8.42 Å². The summed E-state index contributed by atoms with van der Waals surface area (Å²) < 4.78 is 25.3. The first-order chi connectivity index (χ1) is 12.6. The van der Waals surface area contributed by atoms with E-state index in [4.69, 9.17) is 0 Å². The van der Waals surface area contributed by atoms with E-state index in [0.717, 1.165) is 31.2 Å². The molecule has 1 atom stereocenters. The molecule has 0 aliphatic carbocycles. The molecule has 1 N–H and O–H groups in total. The van der Waals surface area contributed by atoms with E-state index in [1.807, 2.05) is 17.8 Å². The molecule has 3 rings (SSSR count). The van der Waals surface area contributed by atoms with E-state index in [1.165, 1.54) is 11.3 Å². The number of nitrogens with one attached hydrogen (secondary N) is 1. The highest BCUT2D eigenvalue weighted by molar-refractivity contribution is 14.0. The molecule has 2 aliphatic heterocycles. The summed E-state index contributed by atoms with van der Waals surface area (Å²) in [7, 11) is -1.22. The predicted octanol–water partition coefficient (Wildman–Crippen LogP) is 2.33. The van der Waals surface area contributed by atoms with E-state index in [0.29, 0.717) is 25.6 Å². The second-order valence-electron chi connectivity index (χ2n) is 6.77. The number of sulfonamides is 1. The minimum atomic E-state index is -3.02. The number of rotatable bonds is 6. The van der Waals surface area contributed by atoms with Crippen molar-refractivity contribution >= 4 is 51.7 Å². The van der Waals surface area contributed by atoms with Gasteiger partial charge in [0.15, 0.2) is 5.96 Å². The maximum atomic E-state index is 11.9. The largest absolute Gasteiger partial charge is 0.355 e. The molecule has 6 nitrogen and oxygen atoms in total. The Morgan fingerprint density at radius 3 is 2.74 bits per heavy atom. The number of likely N-dealkylation sites (tertiary alicyclic amines) is 1. The number of halogens is 1. The van der Waals surface area contributed by atoms with Crippen molar-refractivity contribution in [2.75, 3.05) is 51.3 Å². The Bertz CT molecular complexity index is 715. The molecule has 2 heterocycles. The number of nitrogens with zero attached hydrogens (tertiary/aromatic N) is 3. The molecular weight excluding hydrogens is 495 g/mol. The summed E-state index contributed by atoms with van der Waals surface area (Å²) in [5.74, 6) is 2.93. The highest BCUT2D eigenvalue weighted by Gasteiger charge is 2.28. The van der Waals surface area contributed by atoms with Gasteiger partial charge in [-0.15, -0.1) is 35.7 Å². The molecular formula is C18H29IN4O2S2. The second kappa shape index (κ2) is 10.9. The van der Waals surface area contributed by atoms with Crippen molar-refractivity contribution < 1.29 is 8.42 Å². The number of thioether (sulfide) groups is 1. The van der Waals surface area contributed by atoms with Crippen molar-refractivity contribution in [3.8, 4) is 0 Å². The Kier molecular flexibility index (Phi) is 9.17. The lowest BCUT2D eigenvalue weighted by Crippen LogP contribution is -2.43. The molecule has 2 saturated heterocycles. The van der Waals surface area contributed by atoms with E-state index in [2.05, 4.69) is 39.5 Å². The van der Waals surface area contributed by atoms with Crippen molar-refractivity contribution in [3.63, 3.8) is 0 Å². The average molecular weight is 524 g/mol. The van der Waals surface area contributed by atoms with Crippen LogP contribution < -0.4 is 5.32 Å². The SMILES string of the molecule is CN=C(NCCN1CCCS1(=O)=O)N1CCC(CSc2ccccc2)C1.I. The summed E-state index contributed by atoms with van der Waals surface area (Å²) in [6.07, 6.45) is 1.91. The fourth-order valence-electron chi connectivity index (χ4n) is 3.46. The Hall–Kier alpha value is -0.520. The number of hydrogen-bond donors (Lipinski definition) is 1. The molecule has 0 amide bonds. The van der Waals surface area contributed by atoms with Gasteiger partial charge >= 0.3 is 0 Å². The Labute approximate surface area is 184 Å². The van der Waals surface area contributed by atoms with Gasteiger partial charge in [-0.1, -0.05) is 18.2 Å². The van der Waals surface area contributed by atoms with Gasteiger partial charge in [-0.05, 0) is 30.9 Å². The number of aliphatic imine (C=N–C) groups is 1. The first kappa shape index (κ1) is 22.8. The van der Waals surface area contributed by atoms with Crippen LogP contribution in [-0.2, 0) is 10.0 Å². The fraction of sp³-hybridized carbons (Fsp3) is 0.611. The van der Waals surface area contributed by atoms with Gasteiger partial charge in [-0.25, -0.2) is 12.7 Å². The maximum Gasteiger partial charge on any atom is 0.214 e. The summed E-state index contributed by atoms with van der Waals surface area (Å²) in [6.45, 7) is 3.77. The molecule has 0 radical (unpaired) electrons. The van der Waals surface area contributed by atoms with Crippen LogP contribution in [0.1, 0.15) is 12.8 Å². The Balaban J connectivity index is 0.00000261. The van der Waals surface area contributed by atoms with Crippen molar-refractivity contribution in [2.24, 2.45) is 10.9 Å². The van der Waals surface area contributed by atoms with Crippen LogP contribution in [0.25, 0.3) is 0 Å². The van der Waals surface area contributed by atoms with Gasteiger partial charge in [0.05, 0.1) is 5.75 Å². The number of benzene rings is 1. The molecule has 0 aromatic heterocycles. The van der Waals surface area contributed by atoms with Crippen LogP contribution in [-0.4, -0.2) is 74.9 Å². The molecule has 2 fully saturated rings. The van der Waals surface area contributed by atoms with Crippen molar-refractivity contribution in [1.82, 2.24) is 14.5 Å². The van der Waals surface area contributed by atoms with Crippen LogP contribution in [0.3, 0.4) is 0 Å². The summed E-state index contributed by atoms with van der Waals surface area (Å²) >= 11 is 1.91. The van der Waals surface area contributed by atoms with Crippen LogP contribution >= 0.6 is 35.7 Å². The van der Waals surface area contributed by atoms with Gasteiger partial charge in [-0.2, -0.15) is 0 Å². The van der Waals surface area contributed by atoms with E-state index in [-0.39, 0.29) is 29.7 Å². The topological polar surface area (TPSA) is 65.0 Å². The lowest BCUT2D eigenvalue weighted by Gasteiger charge is -2.23. The Morgan fingerprint density at radius 2 is 2.07 bits per heavy atom. The molecule has 27 heavy (non-hydrogen) atoms. The fourth-order valence-corrected chi connectivity index (χ4v) is 6.04. The third-order valence-electron chi connectivity index (χ3n) is 4.87. The van der Waals surface area contributed by atoms with Crippen molar-refractivity contribution in [2.45, 2.75) is 17.7 Å². The van der Waals surface area contributed by atoms with E-state index >= 15 is 0 Å².